The summed E-state index contributed by atoms with van der Waals surface area (Å²) in [5, 5.41) is 7.57. The van der Waals surface area contributed by atoms with E-state index in [1.165, 1.54) is 16.0 Å². The van der Waals surface area contributed by atoms with E-state index in [9.17, 15) is 9.59 Å². The summed E-state index contributed by atoms with van der Waals surface area (Å²) in [6.07, 6.45) is 3.66. The average molecular weight is 399 g/mol. The summed E-state index contributed by atoms with van der Waals surface area (Å²) < 4.78 is 8.46. The Balaban J connectivity index is 1.44. The zero-order valence-electron chi connectivity index (χ0n) is 15.5. The van der Waals surface area contributed by atoms with E-state index >= 15 is 0 Å². The zero-order chi connectivity index (χ0) is 19.5. The number of nitrogens with one attached hydrogen (secondary N) is 1. The Bertz CT molecular complexity index is 1020. The molecule has 1 aliphatic rings. The number of aromatic nitrogens is 4. The highest BCUT2D eigenvalue weighted by Crippen LogP contribution is 2.16. The van der Waals surface area contributed by atoms with Crippen LogP contribution >= 0.6 is 11.3 Å². The van der Waals surface area contributed by atoms with E-state index in [0.29, 0.717) is 30.8 Å². The Labute approximate surface area is 165 Å². The number of carbonyl (C=O) groups is 1. The van der Waals surface area contributed by atoms with Crippen LogP contribution in [0.2, 0.25) is 0 Å². The van der Waals surface area contributed by atoms with Gasteiger partial charge < -0.3 is 10.1 Å². The fraction of sp³-hybridized carbons (Fsp3) is 0.368. The van der Waals surface area contributed by atoms with Crippen molar-refractivity contribution in [2.75, 3.05) is 7.11 Å². The average Bonchev–Trinajstić information content (AvgIpc) is 3.29. The summed E-state index contributed by atoms with van der Waals surface area (Å²) in [6.45, 7) is 0.946. The molecule has 3 aromatic rings. The van der Waals surface area contributed by atoms with Gasteiger partial charge in [0.2, 0.25) is 0 Å². The van der Waals surface area contributed by atoms with Gasteiger partial charge in [0.25, 0.3) is 5.91 Å². The van der Waals surface area contributed by atoms with Crippen LogP contribution in [0.5, 0.6) is 5.75 Å². The van der Waals surface area contributed by atoms with Crippen molar-refractivity contribution in [3.63, 3.8) is 0 Å². The van der Waals surface area contributed by atoms with Crippen LogP contribution in [0, 0.1) is 0 Å². The summed E-state index contributed by atoms with van der Waals surface area (Å²) in [5.74, 6) is 1.41. The predicted molar refractivity (Wildman–Crippen MR) is 105 cm³/mol. The highest BCUT2D eigenvalue weighted by atomic mass is 32.1. The zero-order valence-corrected chi connectivity index (χ0v) is 16.3. The van der Waals surface area contributed by atoms with Crippen molar-refractivity contribution in [1.82, 2.24) is 24.6 Å². The molecule has 146 valence electrons. The summed E-state index contributed by atoms with van der Waals surface area (Å²) in [5.41, 5.74) is 2.49. The molecule has 9 heteroatoms. The quantitative estimate of drug-likeness (QED) is 0.705. The van der Waals surface area contributed by atoms with Crippen LogP contribution in [0.1, 0.15) is 33.9 Å². The number of ether oxygens (including phenoxy) is 1. The van der Waals surface area contributed by atoms with Gasteiger partial charge >= 0.3 is 5.69 Å². The number of thiazole rings is 1. The molecule has 0 spiro atoms. The SMILES string of the molecule is COc1cccc(Cn2nc3n(c2=O)CCC(NC(=O)c2cncs2)CC3)c1. The maximum atomic E-state index is 12.8. The summed E-state index contributed by atoms with van der Waals surface area (Å²) >= 11 is 1.32. The Kier molecular flexibility index (Phi) is 5.25. The van der Waals surface area contributed by atoms with Crippen molar-refractivity contribution in [3.05, 3.63) is 62.7 Å². The first-order valence-electron chi connectivity index (χ1n) is 9.13. The van der Waals surface area contributed by atoms with E-state index in [1.54, 1.807) is 23.4 Å². The first-order chi connectivity index (χ1) is 13.6. The molecule has 0 bridgehead atoms. The molecule has 1 N–H and O–H groups in total. The van der Waals surface area contributed by atoms with E-state index in [4.69, 9.17) is 4.74 Å². The molecule has 0 aliphatic carbocycles. The molecule has 28 heavy (non-hydrogen) atoms. The van der Waals surface area contributed by atoms with Crippen molar-refractivity contribution in [2.24, 2.45) is 0 Å². The number of hydrogen-bond acceptors (Lipinski definition) is 6. The molecule has 0 radical (unpaired) electrons. The monoisotopic (exact) mass is 399 g/mol. The predicted octanol–water partition coefficient (Wildman–Crippen LogP) is 1.69. The molecule has 2 aromatic heterocycles. The van der Waals surface area contributed by atoms with Gasteiger partial charge in [-0.1, -0.05) is 12.1 Å². The molecular weight excluding hydrogens is 378 g/mol. The normalized spacial score (nSPS) is 16.2. The fourth-order valence-corrected chi connectivity index (χ4v) is 3.93. The Hall–Kier alpha value is -2.94. The van der Waals surface area contributed by atoms with Crippen LogP contribution in [-0.2, 0) is 19.5 Å². The van der Waals surface area contributed by atoms with E-state index in [-0.39, 0.29) is 17.6 Å². The van der Waals surface area contributed by atoms with Crippen molar-refractivity contribution >= 4 is 17.2 Å². The maximum Gasteiger partial charge on any atom is 0.346 e. The van der Waals surface area contributed by atoms with Crippen molar-refractivity contribution in [1.29, 1.82) is 0 Å². The Morgan fingerprint density at radius 2 is 2.29 bits per heavy atom. The molecule has 0 saturated heterocycles. The van der Waals surface area contributed by atoms with Crippen molar-refractivity contribution in [3.8, 4) is 5.75 Å². The van der Waals surface area contributed by atoms with Gasteiger partial charge in [-0.3, -0.25) is 14.3 Å². The summed E-state index contributed by atoms with van der Waals surface area (Å²) in [7, 11) is 1.62. The molecule has 1 aliphatic heterocycles. The van der Waals surface area contributed by atoms with Gasteiger partial charge in [0.1, 0.15) is 16.5 Å². The second-order valence-electron chi connectivity index (χ2n) is 6.72. The summed E-state index contributed by atoms with van der Waals surface area (Å²) in [4.78, 5) is 29.6. The van der Waals surface area contributed by atoms with Gasteiger partial charge in [-0.15, -0.1) is 11.3 Å². The lowest BCUT2D eigenvalue weighted by Crippen LogP contribution is -2.35. The Morgan fingerprint density at radius 1 is 1.39 bits per heavy atom. The molecule has 3 heterocycles. The highest BCUT2D eigenvalue weighted by molar-refractivity contribution is 7.11. The van der Waals surface area contributed by atoms with Crippen LogP contribution in [0.15, 0.2) is 40.8 Å². The number of fused-ring (bicyclic) bond motifs is 1. The first-order valence-corrected chi connectivity index (χ1v) is 10.0. The van der Waals surface area contributed by atoms with Crippen LogP contribution in [0.25, 0.3) is 0 Å². The van der Waals surface area contributed by atoms with Gasteiger partial charge in [0, 0.05) is 19.0 Å². The number of benzene rings is 1. The van der Waals surface area contributed by atoms with Crippen molar-refractivity contribution < 1.29 is 9.53 Å². The number of carbonyl (C=O) groups excluding carboxylic acids is 1. The number of aryl methyl sites for hydroxylation is 1. The third kappa shape index (κ3) is 3.84. The molecule has 0 saturated carbocycles. The van der Waals surface area contributed by atoms with Gasteiger partial charge in [-0.2, -0.15) is 5.10 Å². The van der Waals surface area contributed by atoms with E-state index in [0.717, 1.165) is 23.6 Å². The lowest BCUT2D eigenvalue weighted by Gasteiger charge is -2.15. The number of rotatable bonds is 5. The third-order valence-electron chi connectivity index (χ3n) is 4.87. The molecule has 1 unspecified atom stereocenters. The van der Waals surface area contributed by atoms with Gasteiger partial charge in [-0.05, 0) is 30.5 Å². The third-order valence-corrected chi connectivity index (χ3v) is 5.65. The maximum absolute atomic E-state index is 12.8. The van der Waals surface area contributed by atoms with Gasteiger partial charge in [0.05, 0.1) is 25.4 Å². The fourth-order valence-electron chi connectivity index (χ4n) is 3.40. The molecule has 1 atom stereocenters. The molecule has 0 fully saturated rings. The standard InChI is InChI=1S/C19H21N5O3S/c1-27-15-4-2-3-13(9-15)11-24-19(26)23-8-7-14(5-6-17(23)22-24)21-18(25)16-10-20-12-28-16/h2-4,9-10,12,14H,5-8,11H2,1H3,(H,21,25). The second-order valence-corrected chi connectivity index (χ2v) is 7.61. The minimum atomic E-state index is -0.118. The van der Waals surface area contributed by atoms with Crippen molar-refractivity contribution in [2.45, 2.75) is 38.4 Å². The minimum absolute atomic E-state index is 0.0162. The summed E-state index contributed by atoms with van der Waals surface area (Å²) in [6, 6.07) is 7.64. The molecule has 4 rings (SSSR count). The first kappa shape index (κ1) is 18.4. The van der Waals surface area contributed by atoms with Gasteiger partial charge in [0.15, 0.2) is 0 Å². The lowest BCUT2D eigenvalue weighted by atomic mass is 10.1. The number of hydrogen-bond donors (Lipinski definition) is 1. The van der Waals surface area contributed by atoms with E-state index in [2.05, 4.69) is 15.4 Å². The second kappa shape index (κ2) is 7.97. The molecule has 1 amide bonds. The topological polar surface area (TPSA) is 91.0 Å². The van der Waals surface area contributed by atoms with Crippen LogP contribution < -0.4 is 15.7 Å². The minimum Gasteiger partial charge on any atom is -0.497 e. The number of amides is 1. The van der Waals surface area contributed by atoms with E-state index in [1.807, 2.05) is 24.3 Å². The van der Waals surface area contributed by atoms with Crippen LogP contribution in [0.3, 0.4) is 0 Å². The molecule has 1 aromatic carbocycles. The number of methoxy groups -OCH3 is 1. The van der Waals surface area contributed by atoms with Crippen LogP contribution in [-0.4, -0.2) is 38.4 Å². The van der Waals surface area contributed by atoms with Gasteiger partial charge in [-0.25, -0.2) is 9.48 Å². The largest absolute Gasteiger partial charge is 0.497 e. The lowest BCUT2D eigenvalue weighted by molar-refractivity contribution is 0.0936. The molecular formula is C19H21N5O3S. The van der Waals surface area contributed by atoms with Crippen LogP contribution in [0.4, 0.5) is 0 Å². The highest BCUT2D eigenvalue weighted by Gasteiger charge is 2.22. The van der Waals surface area contributed by atoms with E-state index < -0.39 is 0 Å². The number of nitrogens with zero attached hydrogens (tertiary/aromatic N) is 4. The Morgan fingerprint density at radius 3 is 3.07 bits per heavy atom. The molecule has 8 nitrogen and oxygen atoms in total. The smallest absolute Gasteiger partial charge is 0.346 e.